The lowest BCUT2D eigenvalue weighted by molar-refractivity contribution is 0.0158. The van der Waals surface area contributed by atoms with E-state index >= 15 is 0 Å². The Hall–Kier alpha value is -2.37. The maximum absolute atomic E-state index is 12.3. The van der Waals surface area contributed by atoms with E-state index in [0.29, 0.717) is 36.0 Å². The predicted molar refractivity (Wildman–Crippen MR) is 75.3 cm³/mol. The summed E-state index contributed by atoms with van der Waals surface area (Å²) < 4.78 is 10.8. The molecule has 0 atom stereocenters. The molecule has 0 aromatic carbocycles. The molecule has 0 aliphatic carbocycles. The summed E-state index contributed by atoms with van der Waals surface area (Å²) in [4.78, 5) is 18.4. The Kier molecular flexibility index (Phi) is 3.37. The number of carbonyl (C=O) groups excluding carboxylic acids is 1. The molecule has 6 nitrogen and oxygen atoms in total. The van der Waals surface area contributed by atoms with Crippen LogP contribution in [0.1, 0.15) is 27.5 Å². The van der Waals surface area contributed by atoms with Gasteiger partial charge in [0.25, 0.3) is 5.91 Å². The highest BCUT2D eigenvalue weighted by Crippen LogP contribution is 2.21. The second-order valence-electron chi connectivity index (χ2n) is 5.27. The van der Waals surface area contributed by atoms with Gasteiger partial charge in [-0.3, -0.25) is 4.79 Å². The molecule has 2 aromatic heterocycles. The van der Waals surface area contributed by atoms with E-state index in [9.17, 15) is 4.79 Å². The molecule has 1 saturated heterocycles. The minimum absolute atomic E-state index is 0.0104. The summed E-state index contributed by atoms with van der Waals surface area (Å²) in [5.41, 5.74) is 2.10. The van der Waals surface area contributed by atoms with Gasteiger partial charge < -0.3 is 14.2 Å². The van der Waals surface area contributed by atoms with Gasteiger partial charge in [0.1, 0.15) is 17.4 Å². The number of hydrogen-bond acceptors (Lipinski definition) is 5. The van der Waals surface area contributed by atoms with Gasteiger partial charge in [-0.15, -0.1) is 0 Å². The van der Waals surface area contributed by atoms with Crippen molar-refractivity contribution in [3.63, 3.8) is 0 Å². The third-order valence-electron chi connectivity index (χ3n) is 3.53. The molecule has 3 heterocycles. The Morgan fingerprint density at radius 2 is 2.10 bits per heavy atom. The highest BCUT2D eigenvalue weighted by molar-refractivity contribution is 5.96. The molecule has 1 amide bonds. The average Bonchev–Trinajstić information content (AvgIpc) is 2.72. The summed E-state index contributed by atoms with van der Waals surface area (Å²) in [6.45, 7) is 6.55. The number of ether oxygens (including phenoxy) is 1. The van der Waals surface area contributed by atoms with E-state index in [1.165, 1.54) is 0 Å². The van der Waals surface area contributed by atoms with Crippen LogP contribution in [0.3, 0.4) is 0 Å². The van der Waals surface area contributed by atoms with Gasteiger partial charge in [-0.2, -0.15) is 0 Å². The molecule has 0 bridgehead atoms. The van der Waals surface area contributed by atoms with Crippen LogP contribution in [-0.2, 0) is 0 Å². The standard InChI is InChI=1S/C15H17N3O3/c1-9-5-4-6-13(16-9)20-12-7-18(8-12)15(19)14-10(2)17-21-11(14)3/h4-6,12H,7-8H2,1-3H3. The Balaban J connectivity index is 1.60. The van der Waals surface area contributed by atoms with Gasteiger partial charge in [-0.05, 0) is 26.8 Å². The van der Waals surface area contributed by atoms with E-state index in [1.807, 2.05) is 25.1 Å². The van der Waals surface area contributed by atoms with Crippen LogP contribution in [0.5, 0.6) is 5.88 Å². The molecule has 1 fully saturated rings. The lowest BCUT2D eigenvalue weighted by atomic mass is 10.1. The monoisotopic (exact) mass is 287 g/mol. The summed E-state index contributed by atoms with van der Waals surface area (Å²) in [5.74, 6) is 1.11. The Morgan fingerprint density at radius 3 is 2.71 bits per heavy atom. The number of pyridine rings is 1. The van der Waals surface area contributed by atoms with Crippen LogP contribution in [0.2, 0.25) is 0 Å². The van der Waals surface area contributed by atoms with Gasteiger partial charge in [0.2, 0.25) is 5.88 Å². The quantitative estimate of drug-likeness (QED) is 0.862. The molecule has 0 radical (unpaired) electrons. The van der Waals surface area contributed by atoms with Crippen molar-refractivity contribution in [2.45, 2.75) is 26.9 Å². The molecule has 21 heavy (non-hydrogen) atoms. The minimum Gasteiger partial charge on any atom is -0.471 e. The molecule has 2 aromatic rings. The maximum Gasteiger partial charge on any atom is 0.259 e. The molecule has 1 aliphatic heterocycles. The lowest BCUT2D eigenvalue weighted by Crippen LogP contribution is -2.56. The first kappa shape index (κ1) is 13.6. The van der Waals surface area contributed by atoms with Crippen LogP contribution < -0.4 is 4.74 Å². The van der Waals surface area contributed by atoms with E-state index < -0.39 is 0 Å². The normalized spacial score (nSPS) is 14.9. The number of rotatable bonds is 3. The predicted octanol–water partition coefficient (Wildman–Crippen LogP) is 1.90. The van der Waals surface area contributed by atoms with E-state index in [-0.39, 0.29) is 12.0 Å². The molecule has 0 saturated carbocycles. The molecule has 110 valence electrons. The Bertz CT molecular complexity index is 655. The summed E-state index contributed by atoms with van der Waals surface area (Å²) in [7, 11) is 0. The van der Waals surface area contributed by atoms with Crippen molar-refractivity contribution in [3.8, 4) is 5.88 Å². The van der Waals surface area contributed by atoms with E-state index in [4.69, 9.17) is 9.26 Å². The number of carbonyl (C=O) groups is 1. The Morgan fingerprint density at radius 1 is 1.33 bits per heavy atom. The number of aryl methyl sites for hydroxylation is 3. The van der Waals surface area contributed by atoms with Crippen LogP contribution in [-0.4, -0.2) is 40.1 Å². The smallest absolute Gasteiger partial charge is 0.259 e. The maximum atomic E-state index is 12.3. The van der Waals surface area contributed by atoms with Gasteiger partial charge in [0, 0.05) is 11.8 Å². The van der Waals surface area contributed by atoms with Gasteiger partial charge in [-0.25, -0.2) is 4.98 Å². The minimum atomic E-state index is -0.0525. The van der Waals surface area contributed by atoms with Crippen molar-refractivity contribution in [2.75, 3.05) is 13.1 Å². The van der Waals surface area contributed by atoms with Gasteiger partial charge in [-0.1, -0.05) is 11.2 Å². The number of hydrogen-bond donors (Lipinski definition) is 0. The van der Waals surface area contributed by atoms with Crippen LogP contribution in [0, 0.1) is 20.8 Å². The fourth-order valence-electron chi connectivity index (χ4n) is 2.38. The molecule has 0 unspecified atom stereocenters. The van der Waals surface area contributed by atoms with E-state index in [0.717, 1.165) is 5.69 Å². The van der Waals surface area contributed by atoms with Crippen LogP contribution >= 0.6 is 0 Å². The molecular weight excluding hydrogens is 270 g/mol. The van der Waals surface area contributed by atoms with Crippen molar-refractivity contribution < 1.29 is 14.1 Å². The largest absolute Gasteiger partial charge is 0.471 e. The van der Waals surface area contributed by atoms with Crippen molar-refractivity contribution in [1.82, 2.24) is 15.0 Å². The molecule has 0 N–H and O–H groups in total. The summed E-state index contributed by atoms with van der Waals surface area (Å²) in [5, 5.41) is 3.81. The molecule has 0 spiro atoms. The molecule has 1 aliphatic rings. The van der Waals surface area contributed by atoms with E-state index in [1.54, 1.807) is 18.7 Å². The van der Waals surface area contributed by atoms with E-state index in [2.05, 4.69) is 10.1 Å². The average molecular weight is 287 g/mol. The third-order valence-corrected chi connectivity index (χ3v) is 3.53. The van der Waals surface area contributed by atoms with Crippen molar-refractivity contribution in [2.24, 2.45) is 0 Å². The highest BCUT2D eigenvalue weighted by atomic mass is 16.5. The molecular formula is C15H17N3O3. The lowest BCUT2D eigenvalue weighted by Gasteiger charge is -2.38. The zero-order chi connectivity index (χ0) is 15.0. The zero-order valence-electron chi connectivity index (χ0n) is 12.3. The third kappa shape index (κ3) is 2.61. The first-order chi connectivity index (χ1) is 10.0. The second-order valence-corrected chi connectivity index (χ2v) is 5.27. The number of nitrogens with zero attached hydrogens (tertiary/aromatic N) is 3. The fourth-order valence-corrected chi connectivity index (χ4v) is 2.38. The molecule has 3 rings (SSSR count). The Labute approximate surface area is 122 Å². The second kappa shape index (κ2) is 5.20. The first-order valence-corrected chi connectivity index (χ1v) is 6.87. The van der Waals surface area contributed by atoms with Crippen LogP contribution in [0.15, 0.2) is 22.7 Å². The summed E-state index contributed by atoms with van der Waals surface area (Å²) in [6.07, 6.45) is -0.0104. The zero-order valence-corrected chi connectivity index (χ0v) is 12.3. The van der Waals surface area contributed by atoms with Crippen molar-refractivity contribution in [3.05, 3.63) is 40.9 Å². The van der Waals surface area contributed by atoms with Gasteiger partial charge >= 0.3 is 0 Å². The fraction of sp³-hybridized carbons (Fsp3) is 0.400. The number of amides is 1. The van der Waals surface area contributed by atoms with Crippen LogP contribution in [0.25, 0.3) is 0 Å². The molecule has 6 heteroatoms. The number of aromatic nitrogens is 2. The SMILES string of the molecule is Cc1cccc(OC2CN(C(=O)c3c(C)noc3C)C2)n1. The topological polar surface area (TPSA) is 68.5 Å². The number of likely N-dealkylation sites (tertiary alicyclic amines) is 1. The van der Waals surface area contributed by atoms with Gasteiger partial charge in [0.05, 0.1) is 18.8 Å². The summed E-state index contributed by atoms with van der Waals surface area (Å²) in [6, 6.07) is 5.65. The first-order valence-electron chi connectivity index (χ1n) is 6.87. The van der Waals surface area contributed by atoms with Crippen LogP contribution in [0.4, 0.5) is 0 Å². The van der Waals surface area contributed by atoms with Gasteiger partial charge in [0.15, 0.2) is 0 Å². The highest BCUT2D eigenvalue weighted by Gasteiger charge is 2.35. The summed E-state index contributed by atoms with van der Waals surface area (Å²) >= 11 is 0. The van der Waals surface area contributed by atoms with Crippen molar-refractivity contribution >= 4 is 5.91 Å². The van der Waals surface area contributed by atoms with Crippen molar-refractivity contribution in [1.29, 1.82) is 0 Å².